The third-order valence-electron chi connectivity index (χ3n) is 3.91. The van der Waals surface area contributed by atoms with Crippen LogP contribution in [-0.2, 0) is 0 Å². The SMILES string of the molecule is Cc1cccc(NC(=S)N2CC=C(c3ccccc3)CC2)c1. The maximum atomic E-state index is 5.54. The fourth-order valence-electron chi connectivity index (χ4n) is 2.69. The quantitative estimate of drug-likeness (QED) is 0.823. The Balaban J connectivity index is 1.63. The van der Waals surface area contributed by atoms with E-state index in [1.165, 1.54) is 16.7 Å². The number of anilines is 1. The summed E-state index contributed by atoms with van der Waals surface area (Å²) in [6.45, 7) is 3.91. The van der Waals surface area contributed by atoms with Crippen molar-refractivity contribution < 1.29 is 0 Å². The molecule has 0 aromatic heterocycles. The van der Waals surface area contributed by atoms with Crippen molar-refractivity contribution in [3.63, 3.8) is 0 Å². The van der Waals surface area contributed by atoms with E-state index in [0.29, 0.717) is 0 Å². The van der Waals surface area contributed by atoms with Crippen molar-refractivity contribution in [2.75, 3.05) is 18.4 Å². The molecule has 22 heavy (non-hydrogen) atoms. The molecule has 0 fully saturated rings. The Labute approximate surface area is 137 Å². The van der Waals surface area contributed by atoms with E-state index in [4.69, 9.17) is 12.2 Å². The van der Waals surface area contributed by atoms with Crippen molar-refractivity contribution in [3.8, 4) is 0 Å². The number of benzene rings is 2. The van der Waals surface area contributed by atoms with Crippen molar-refractivity contribution in [2.45, 2.75) is 13.3 Å². The number of thiocarbonyl (C=S) groups is 1. The molecule has 1 aliphatic rings. The van der Waals surface area contributed by atoms with Gasteiger partial charge < -0.3 is 10.2 Å². The molecule has 0 unspecified atom stereocenters. The van der Waals surface area contributed by atoms with Crippen LogP contribution in [0.4, 0.5) is 5.69 Å². The first kappa shape index (κ1) is 14.8. The number of nitrogens with zero attached hydrogens (tertiary/aromatic N) is 1. The second-order valence-corrected chi connectivity index (χ2v) is 5.98. The Hall–Kier alpha value is -2.13. The summed E-state index contributed by atoms with van der Waals surface area (Å²) in [4.78, 5) is 2.21. The fourth-order valence-corrected chi connectivity index (χ4v) is 2.98. The molecule has 2 aromatic carbocycles. The molecule has 3 heteroatoms. The number of nitrogens with one attached hydrogen (secondary N) is 1. The van der Waals surface area contributed by atoms with Gasteiger partial charge in [0.1, 0.15) is 0 Å². The van der Waals surface area contributed by atoms with Gasteiger partial charge in [-0.3, -0.25) is 0 Å². The summed E-state index contributed by atoms with van der Waals surface area (Å²) in [7, 11) is 0. The van der Waals surface area contributed by atoms with Crippen LogP contribution in [0.25, 0.3) is 5.57 Å². The zero-order valence-electron chi connectivity index (χ0n) is 12.8. The van der Waals surface area contributed by atoms with Crippen LogP contribution >= 0.6 is 12.2 Å². The normalized spacial score (nSPS) is 14.4. The Morgan fingerprint density at radius 3 is 2.59 bits per heavy atom. The van der Waals surface area contributed by atoms with E-state index in [9.17, 15) is 0 Å². The fraction of sp³-hybridized carbons (Fsp3) is 0.211. The lowest BCUT2D eigenvalue weighted by Crippen LogP contribution is -2.37. The van der Waals surface area contributed by atoms with Gasteiger partial charge in [-0.2, -0.15) is 0 Å². The zero-order valence-corrected chi connectivity index (χ0v) is 13.6. The first-order chi connectivity index (χ1) is 10.7. The van der Waals surface area contributed by atoms with Crippen molar-refractivity contribution in [3.05, 3.63) is 71.8 Å². The lowest BCUT2D eigenvalue weighted by atomic mass is 10.00. The van der Waals surface area contributed by atoms with Crippen LogP contribution in [0.1, 0.15) is 17.5 Å². The summed E-state index contributed by atoms with van der Waals surface area (Å²) in [6, 6.07) is 18.9. The minimum absolute atomic E-state index is 0.800. The van der Waals surface area contributed by atoms with Crippen LogP contribution in [0, 0.1) is 6.92 Å². The Morgan fingerprint density at radius 2 is 1.91 bits per heavy atom. The van der Waals surface area contributed by atoms with Crippen LogP contribution in [0.15, 0.2) is 60.7 Å². The number of aryl methyl sites for hydroxylation is 1. The van der Waals surface area contributed by atoms with Gasteiger partial charge in [0.15, 0.2) is 5.11 Å². The molecule has 1 N–H and O–H groups in total. The van der Waals surface area contributed by atoms with Gasteiger partial charge in [-0.1, -0.05) is 48.5 Å². The highest BCUT2D eigenvalue weighted by Gasteiger charge is 2.15. The second-order valence-electron chi connectivity index (χ2n) is 5.59. The summed E-state index contributed by atoms with van der Waals surface area (Å²) < 4.78 is 0. The van der Waals surface area contributed by atoms with Crippen LogP contribution < -0.4 is 5.32 Å². The van der Waals surface area contributed by atoms with Gasteiger partial charge in [0.05, 0.1) is 0 Å². The second kappa shape index (κ2) is 6.75. The zero-order chi connectivity index (χ0) is 15.4. The number of hydrogen-bond donors (Lipinski definition) is 1. The van der Waals surface area contributed by atoms with Gasteiger partial charge in [-0.25, -0.2) is 0 Å². The largest absolute Gasteiger partial charge is 0.345 e. The molecule has 0 atom stereocenters. The van der Waals surface area contributed by atoms with Crippen LogP contribution in [0.5, 0.6) is 0 Å². The molecule has 0 aliphatic carbocycles. The van der Waals surface area contributed by atoms with Crippen molar-refractivity contribution in [1.29, 1.82) is 0 Å². The Morgan fingerprint density at radius 1 is 1.09 bits per heavy atom. The topological polar surface area (TPSA) is 15.3 Å². The maximum absolute atomic E-state index is 5.54. The lowest BCUT2D eigenvalue weighted by Gasteiger charge is -2.29. The lowest BCUT2D eigenvalue weighted by molar-refractivity contribution is 0.466. The van der Waals surface area contributed by atoms with Crippen molar-refractivity contribution in [2.24, 2.45) is 0 Å². The highest BCUT2D eigenvalue weighted by Crippen LogP contribution is 2.22. The average molecular weight is 308 g/mol. The van der Waals surface area contributed by atoms with Crippen LogP contribution in [-0.4, -0.2) is 23.1 Å². The number of rotatable bonds is 2. The third kappa shape index (κ3) is 3.55. The minimum Gasteiger partial charge on any atom is -0.345 e. The molecule has 1 aliphatic heterocycles. The standard InChI is InChI=1S/C19H20N2S/c1-15-6-5-9-18(14-15)20-19(22)21-12-10-17(11-13-21)16-7-3-2-4-8-16/h2-10,14H,11-13H2,1H3,(H,20,22). The summed E-state index contributed by atoms with van der Waals surface area (Å²) in [6.07, 6.45) is 3.31. The Bertz CT molecular complexity index is 692. The molecule has 3 rings (SSSR count). The first-order valence-electron chi connectivity index (χ1n) is 7.59. The molecule has 0 amide bonds. The average Bonchev–Trinajstić information content (AvgIpc) is 2.56. The summed E-state index contributed by atoms with van der Waals surface area (Å²) in [5.74, 6) is 0. The summed E-state index contributed by atoms with van der Waals surface area (Å²) in [5.41, 5.74) is 5.02. The van der Waals surface area contributed by atoms with E-state index < -0.39 is 0 Å². The monoisotopic (exact) mass is 308 g/mol. The molecular weight excluding hydrogens is 288 g/mol. The molecule has 0 radical (unpaired) electrons. The molecular formula is C19H20N2S. The molecule has 2 nitrogen and oxygen atoms in total. The van der Waals surface area contributed by atoms with Crippen molar-refractivity contribution in [1.82, 2.24) is 4.90 Å². The summed E-state index contributed by atoms with van der Waals surface area (Å²) >= 11 is 5.54. The van der Waals surface area contributed by atoms with E-state index in [0.717, 1.165) is 30.3 Å². The predicted molar refractivity (Wildman–Crippen MR) is 98.0 cm³/mol. The highest BCUT2D eigenvalue weighted by molar-refractivity contribution is 7.80. The minimum atomic E-state index is 0.800. The van der Waals surface area contributed by atoms with Gasteiger partial charge >= 0.3 is 0 Å². The van der Waals surface area contributed by atoms with Crippen LogP contribution in [0.3, 0.4) is 0 Å². The number of hydrogen-bond acceptors (Lipinski definition) is 1. The van der Waals surface area contributed by atoms with Gasteiger partial charge in [0.2, 0.25) is 0 Å². The van der Waals surface area contributed by atoms with E-state index in [2.05, 4.69) is 71.7 Å². The molecule has 0 bridgehead atoms. The molecule has 0 saturated heterocycles. The molecule has 2 aromatic rings. The highest BCUT2D eigenvalue weighted by atomic mass is 32.1. The molecule has 112 valence electrons. The van der Waals surface area contributed by atoms with E-state index in [1.54, 1.807) is 0 Å². The predicted octanol–water partition coefficient (Wildman–Crippen LogP) is 4.48. The molecule has 0 spiro atoms. The third-order valence-corrected chi connectivity index (χ3v) is 4.27. The van der Waals surface area contributed by atoms with E-state index in [-0.39, 0.29) is 0 Å². The van der Waals surface area contributed by atoms with Crippen LogP contribution in [0.2, 0.25) is 0 Å². The summed E-state index contributed by atoms with van der Waals surface area (Å²) in [5, 5.41) is 4.14. The Kier molecular flexibility index (Phi) is 4.54. The molecule has 1 heterocycles. The van der Waals surface area contributed by atoms with Gasteiger partial charge in [-0.05, 0) is 54.4 Å². The van der Waals surface area contributed by atoms with Crippen molar-refractivity contribution >= 4 is 28.6 Å². The van der Waals surface area contributed by atoms with E-state index in [1.807, 2.05) is 6.07 Å². The maximum Gasteiger partial charge on any atom is 0.173 e. The van der Waals surface area contributed by atoms with E-state index >= 15 is 0 Å². The first-order valence-corrected chi connectivity index (χ1v) is 8.00. The van der Waals surface area contributed by atoms with Gasteiger partial charge in [0, 0.05) is 18.8 Å². The van der Waals surface area contributed by atoms with Gasteiger partial charge in [0.25, 0.3) is 0 Å². The smallest absolute Gasteiger partial charge is 0.173 e. The van der Waals surface area contributed by atoms with Gasteiger partial charge in [-0.15, -0.1) is 0 Å². The molecule has 0 saturated carbocycles.